The first kappa shape index (κ1) is 14.5. The van der Waals surface area contributed by atoms with Gasteiger partial charge in [0, 0.05) is 5.92 Å². The summed E-state index contributed by atoms with van der Waals surface area (Å²) in [6, 6.07) is 9.98. The summed E-state index contributed by atoms with van der Waals surface area (Å²) in [5.41, 5.74) is 2.24. The first-order chi connectivity index (χ1) is 11.3. The second kappa shape index (κ2) is 5.81. The van der Waals surface area contributed by atoms with Gasteiger partial charge in [0.1, 0.15) is 5.76 Å². The average Bonchev–Trinajstić information content (AvgIpc) is 3.12. The Bertz CT molecular complexity index is 834. The highest BCUT2D eigenvalue weighted by Crippen LogP contribution is 2.37. The molecule has 0 saturated heterocycles. The van der Waals surface area contributed by atoms with Crippen LogP contribution in [0.25, 0.3) is 10.2 Å². The second-order valence-corrected chi connectivity index (χ2v) is 6.90. The molecule has 0 unspecified atom stereocenters. The van der Waals surface area contributed by atoms with Gasteiger partial charge in [0.25, 0.3) is 0 Å². The van der Waals surface area contributed by atoms with Crippen molar-refractivity contribution in [1.29, 1.82) is 0 Å². The van der Waals surface area contributed by atoms with Crippen LogP contribution in [0.3, 0.4) is 0 Å². The van der Waals surface area contributed by atoms with E-state index in [1.165, 1.54) is 5.56 Å². The number of aryl methyl sites for hydroxylation is 1. The Hall–Kier alpha value is -2.14. The molecule has 23 heavy (non-hydrogen) atoms. The minimum atomic E-state index is 0.155. The van der Waals surface area contributed by atoms with Gasteiger partial charge >= 0.3 is 0 Å². The van der Waals surface area contributed by atoms with Crippen LogP contribution in [0.4, 0.5) is 5.13 Å². The fourth-order valence-corrected chi connectivity index (χ4v) is 3.76. The Morgan fingerprint density at radius 1 is 1.35 bits per heavy atom. The number of rotatable bonds is 5. The number of anilines is 1. The molecule has 4 nitrogen and oxygen atoms in total. The van der Waals surface area contributed by atoms with E-state index in [4.69, 9.17) is 9.40 Å². The molecule has 5 heteroatoms. The number of benzene rings is 1. The lowest BCUT2D eigenvalue weighted by molar-refractivity contribution is -0.120. The molecule has 0 radical (unpaired) electrons. The summed E-state index contributed by atoms with van der Waals surface area (Å²) in [5.74, 6) is 1.11. The molecule has 2 heterocycles. The molecule has 0 aliphatic heterocycles. The maximum absolute atomic E-state index is 12.7. The maximum atomic E-state index is 12.7. The van der Waals surface area contributed by atoms with Gasteiger partial charge in [-0.3, -0.25) is 9.69 Å². The topological polar surface area (TPSA) is 46.3 Å². The number of nitrogens with zero attached hydrogens (tertiary/aromatic N) is 2. The molecule has 1 aromatic carbocycles. The summed E-state index contributed by atoms with van der Waals surface area (Å²) in [6.45, 7) is 2.58. The van der Waals surface area contributed by atoms with Crippen molar-refractivity contribution in [3.63, 3.8) is 0 Å². The molecule has 2 aromatic heterocycles. The van der Waals surface area contributed by atoms with Crippen molar-refractivity contribution >= 4 is 32.6 Å². The van der Waals surface area contributed by atoms with E-state index >= 15 is 0 Å². The molecule has 1 amide bonds. The minimum Gasteiger partial charge on any atom is -0.467 e. The molecule has 0 spiro atoms. The van der Waals surface area contributed by atoms with Gasteiger partial charge in [0.05, 0.1) is 23.0 Å². The van der Waals surface area contributed by atoms with E-state index in [9.17, 15) is 4.79 Å². The summed E-state index contributed by atoms with van der Waals surface area (Å²) in [5, 5.41) is 0.772. The number of hydrogen-bond donors (Lipinski definition) is 0. The van der Waals surface area contributed by atoms with Gasteiger partial charge in [-0.25, -0.2) is 4.98 Å². The standard InChI is InChI=1S/C18H18N2O2S/c1-2-12-5-3-7-15-16(12)19-18(23-15)20(17(21)13-8-9-13)11-14-6-4-10-22-14/h3-7,10,13H,2,8-9,11H2,1H3. The second-order valence-electron chi connectivity index (χ2n) is 5.89. The number of hydrogen-bond acceptors (Lipinski definition) is 4. The lowest BCUT2D eigenvalue weighted by Gasteiger charge is -2.18. The molecule has 1 aliphatic rings. The fourth-order valence-electron chi connectivity index (χ4n) is 2.74. The van der Waals surface area contributed by atoms with Gasteiger partial charge in [0.15, 0.2) is 5.13 Å². The normalized spacial score (nSPS) is 14.3. The van der Waals surface area contributed by atoms with Crippen molar-refractivity contribution in [3.8, 4) is 0 Å². The molecular formula is C18H18N2O2S. The molecule has 1 fully saturated rings. The highest BCUT2D eigenvalue weighted by Gasteiger charge is 2.35. The average molecular weight is 326 g/mol. The first-order valence-corrected chi connectivity index (χ1v) is 8.80. The van der Waals surface area contributed by atoms with Crippen LogP contribution >= 0.6 is 11.3 Å². The van der Waals surface area contributed by atoms with Crippen molar-refractivity contribution in [2.45, 2.75) is 32.7 Å². The third-order valence-electron chi connectivity index (χ3n) is 4.19. The number of furan rings is 1. The van der Waals surface area contributed by atoms with Crippen molar-refractivity contribution in [2.75, 3.05) is 4.90 Å². The van der Waals surface area contributed by atoms with Crippen LogP contribution in [0.1, 0.15) is 31.1 Å². The number of carbonyl (C=O) groups is 1. The zero-order chi connectivity index (χ0) is 15.8. The Kier molecular flexibility index (Phi) is 3.65. The zero-order valence-corrected chi connectivity index (χ0v) is 13.8. The Labute approximate surface area is 138 Å². The fraction of sp³-hybridized carbons (Fsp3) is 0.333. The molecule has 1 aliphatic carbocycles. The third-order valence-corrected chi connectivity index (χ3v) is 5.23. The Balaban J connectivity index is 1.74. The number of carbonyl (C=O) groups excluding carboxylic acids is 1. The van der Waals surface area contributed by atoms with Gasteiger partial charge in [-0.15, -0.1) is 0 Å². The van der Waals surface area contributed by atoms with Crippen molar-refractivity contribution < 1.29 is 9.21 Å². The van der Waals surface area contributed by atoms with E-state index < -0.39 is 0 Å². The minimum absolute atomic E-state index is 0.155. The number of fused-ring (bicyclic) bond motifs is 1. The van der Waals surface area contributed by atoms with E-state index in [1.54, 1.807) is 22.5 Å². The maximum Gasteiger partial charge on any atom is 0.232 e. The van der Waals surface area contributed by atoms with E-state index in [0.717, 1.165) is 40.4 Å². The van der Waals surface area contributed by atoms with Crippen LogP contribution in [-0.4, -0.2) is 10.9 Å². The van der Waals surface area contributed by atoms with Gasteiger partial charge < -0.3 is 4.42 Å². The molecule has 0 atom stereocenters. The van der Waals surface area contributed by atoms with Crippen LogP contribution in [0, 0.1) is 5.92 Å². The van der Waals surface area contributed by atoms with E-state index in [-0.39, 0.29) is 11.8 Å². The quantitative estimate of drug-likeness (QED) is 0.698. The van der Waals surface area contributed by atoms with Crippen molar-refractivity contribution in [1.82, 2.24) is 4.98 Å². The van der Waals surface area contributed by atoms with Crippen LogP contribution in [0.15, 0.2) is 41.0 Å². The largest absolute Gasteiger partial charge is 0.467 e. The summed E-state index contributed by atoms with van der Waals surface area (Å²) in [6.07, 6.45) is 4.55. The lowest BCUT2D eigenvalue weighted by Crippen LogP contribution is -2.31. The molecule has 118 valence electrons. The monoisotopic (exact) mass is 326 g/mol. The summed E-state index contributed by atoms with van der Waals surface area (Å²) >= 11 is 1.58. The van der Waals surface area contributed by atoms with E-state index in [0.29, 0.717) is 6.54 Å². The molecule has 3 aromatic rings. The third kappa shape index (κ3) is 2.77. The van der Waals surface area contributed by atoms with E-state index in [2.05, 4.69) is 25.1 Å². The van der Waals surface area contributed by atoms with Crippen molar-refractivity contribution in [3.05, 3.63) is 47.9 Å². The van der Waals surface area contributed by atoms with Gasteiger partial charge in [-0.1, -0.05) is 30.4 Å². The molecule has 0 bridgehead atoms. The zero-order valence-electron chi connectivity index (χ0n) is 13.0. The van der Waals surface area contributed by atoms with Gasteiger partial charge in [0.2, 0.25) is 5.91 Å². The predicted octanol–water partition coefficient (Wildman–Crippen LogP) is 4.39. The number of thiazole rings is 1. The van der Waals surface area contributed by atoms with Crippen LogP contribution in [0.5, 0.6) is 0 Å². The van der Waals surface area contributed by atoms with Crippen molar-refractivity contribution in [2.24, 2.45) is 5.92 Å². The molecule has 0 N–H and O–H groups in total. The van der Waals surface area contributed by atoms with Crippen LogP contribution < -0.4 is 4.90 Å². The highest BCUT2D eigenvalue weighted by molar-refractivity contribution is 7.22. The Morgan fingerprint density at radius 2 is 2.22 bits per heavy atom. The van der Waals surface area contributed by atoms with Crippen LogP contribution in [0.2, 0.25) is 0 Å². The Morgan fingerprint density at radius 3 is 2.91 bits per heavy atom. The number of para-hydroxylation sites is 1. The molecular weight excluding hydrogens is 308 g/mol. The lowest BCUT2D eigenvalue weighted by atomic mass is 10.1. The first-order valence-electron chi connectivity index (χ1n) is 7.98. The van der Waals surface area contributed by atoms with E-state index in [1.807, 2.05) is 12.1 Å². The summed E-state index contributed by atoms with van der Waals surface area (Å²) < 4.78 is 6.57. The SMILES string of the molecule is CCc1cccc2sc(N(Cc3ccco3)C(=O)C3CC3)nc12. The summed E-state index contributed by atoms with van der Waals surface area (Å²) in [4.78, 5) is 19.3. The molecule has 4 rings (SSSR count). The highest BCUT2D eigenvalue weighted by atomic mass is 32.1. The smallest absolute Gasteiger partial charge is 0.232 e. The molecule has 1 saturated carbocycles. The van der Waals surface area contributed by atoms with Crippen LogP contribution in [-0.2, 0) is 17.8 Å². The van der Waals surface area contributed by atoms with Gasteiger partial charge in [-0.2, -0.15) is 0 Å². The predicted molar refractivity (Wildman–Crippen MR) is 91.6 cm³/mol. The number of aromatic nitrogens is 1. The number of amides is 1. The van der Waals surface area contributed by atoms with Gasteiger partial charge in [-0.05, 0) is 43.0 Å². The summed E-state index contributed by atoms with van der Waals surface area (Å²) in [7, 11) is 0.